The first kappa shape index (κ1) is 24.6. The number of piperazine rings is 1. The van der Waals surface area contributed by atoms with Crippen LogP contribution < -0.4 is 11.1 Å². The van der Waals surface area contributed by atoms with E-state index in [2.05, 4.69) is 44.3 Å². The Kier molecular flexibility index (Phi) is 7.92. The number of carbonyl (C=O) groups excluding carboxylic acids is 1. The molecule has 3 heterocycles. The molecule has 1 aliphatic rings. The van der Waals surface area contributed by atoms with Crippen LogP contribution in [-0.4, -0.2) is 63.9 Å². The number of nitrogens with zero attached hydrogens (tertiary/aromatic N) is 6. The molecule has 2 aromatic heterocycles. The molecule has 1 saturated heterocycles. The number of rotatable bonds is 7. The third-order valence-electron chi connectivity index (χ3n) is 5.70. The van der Waals surface area contributed by atoms with Crippen molar-refractivity contribution >= 4 is 29.2 Å². The Labute approximate surface area is 209 Å². The molecule has 1 amide bonds. The van der Waals surface area contributed by atoms with Gasteiger partial charge in [0.2, 0.25) is 5.91 Å². The van der Waals surface area contributed by atoms with Crippen molar-refractivity contribution < 1.29 is 4.79 Å². The molecular weight excluding hydrogens is 460 g/mol. The van der Waals surface area contributed by atoms with Crippen LogP contribution >= 0.6 is 11.8 Å². The van der Waals surface area contributed by atoms with Gasteiger partial charge in [0.15, 0.2) is 5.16 Å². The van der Waals surface area contributed by atoms with Crippen LogP contribution in [0.3, 0.4) is 0 Å². The quantitative estimate of drug-likeness (QED) is 0.381. The second-order valence-electron chi connectivity index (χ2n) is 8.47. The van der Waals surface area contributed by atoms with Gasteiger partial charge in [-0.05, 0) is 31.3 Å². The van der Waals surface area contributed by atoms with Crippen LogP contribution in [0.25, 0.3) is 11.3 Å². The molecule has 3 N–H and O–H groups in total. The molecule has 0 spiro atoms. The molecule has 10 heteroatoms. The third-order valence-corrected chi connectivity index (χ3v) is 6.58. The van der Waals surface area contributed by atoms with E-state index in [1.54, 1.807) is 24.3 Å². The largest absolute Gasteiger partial charge is 0.382 e. The molecule has 3 aromatic rings. The number of hydrogen-bond acceptors (Lipinski definition) is 9. The maximum Gasteiger partial charge on any atom is 0.221 e. The normalized spacial score (nSPS) is 14.4. The van der Waals surface area contributed by atoms with Crippen LogP contribution in [0.4, 0.5) is 11.5 Å². The number of anilines is 2. The van der Waals surface area contributed by atoms with Gasteiger partial charge in [-0.25, -0.2) is 9.97 Å². The van der Waals surface area contributed by atoms with Gasteiger partial charge in [-0.3, -0.25) is 14.7 Å². The average Bonchev–Trinajstić information content (AvgIpc) is 2.84. The number of thioether (sulfide) groups is 1. The van der Waals surface area contributed by atoms with Crippen molar-refractivity contribution in [2.24, 2.45) is 0 Å². The van der Waals surface area contributed by atoms with Crippen LogP contribution in [0.1, 0.15) is 23.9 Å². The molecular formula is C25H28N8OS. The molecule has 4 rings (SSSR count). The maximum absolute atomic E-state index is 11.3. The maximum atomic E-state index is 11.3. The number of hydrogen-bond donors (Lipinski definition) is 2. The molecule has 0 bridgehead atoms. The molecule has 0 saturated carbocycles. The van der Waals surface area contributed by atoms with E-state index in [0.717, 1.165) is 49.7 Å². The zero-order chi connectivity index (χ0) is 24.8. The predicted molar refractivity (Wildman–Crippen MR) is 137 cm³/mol. The van der Waals surface area contributed by atoms with E-state index >= 15 is 0 Å². The zero-order valence-corrected chi connectivity index (χ0v) is 20.7. The van der Waals surface area contributed by atoms with E-state index in [4.69, 9.17) is 10.7 Å². The number of carbonyl (C=O) groups is 1. The number of likely N-dealkylation sites (N-methyl/N-ethyl adjacent to an activating group) is 1. The van der Waals surface area contributed by atoms with Crippen molar-refractivity contribution in [2.75, 3.05) is 44.3 Å². The fraction of sp³-hybridized carbons (Fsp3) is 0.320. The molecule has 1 aromatic carbocycles. The molecule has 180 valence electrons. The minimum absolute atomic E-state index is 0.141. The Balaban J connectivity index is 1.48. The van der Waals surface area contributed by atoms with Gasteiger partial charge in [0.25, 0.3) is 0 Å². The monoisotopic (exact) mass is 488 g/mol. The van der Waals surface area contributed by atoms with Crippen LogP contribution in [0.15, 0.2) is 47.6 Å². The zero-order valence-electron chi connectivity index (χ0n) is 19.9. The highest BCUT2D eigenvalue weighted by Gasteiger charge is 2.16. The summed E-state index contributed by atoms with van der Waals surface area (Å²) in [6.07, 6.45) is 0. The van der Waals surface area contributed by atoms with E-state index in [9.17, 15) is 10.1 Å². The summed E-state index contributed by atoms with van der Waals surface area (Å²) in [6.45, 7) is 6.53. The van der Waals surface area contributed by atoms with Gasteiger partial charge < -0.3 is 16.0 Å². The number of nitrogens with two attached hydrogens (primary N) is 1. The van der Waals surface area contributed by atoms with Gasteiger partial charge in [-0.1, -0.05) is 30.0 Å². The standard InChI is InChI=1S/C25H28N8OS/c1-17(34)28-19-8-6-18(7-9-19)23-22(14-26)24(27)31-25(30-23)35-16-21-5-3-4-20(29-21)15-33-12-10-32(2)11-13-33/h3-9H,10-13,15-16H2,1-2H3,(H,28,34)(H2,27,30,31). The predicted octanol–water partition coefficient (Wildman–Crippen LogP) is 2.99. The lowest BCUT2D eigenvalue weighted by Crippen LogP contribution is -2.44. The summed E-state index contributed by atoms with van der Waals surface area (Å²) in [7, 11) is 2.15. The molecule has 35 heavy (non-hydrogen) atoms. The van der Waals surface area contributed by atoms with Crippen molar-refractivity contribution in [2.45, 2.75) is 24.4 Å². The highest BCUT2D eigenvalue weighted by Crippen LogP contribution is 2.29. The van der Waals surface area contributed by atoms with E-state index in [1.165, 1.54) is 18.7 Å². The molecule has 0 aliphatic carbocycles. The molecule has 0 atom stereocenters. The summed E-state index contributed by atoms with van der Waals surface area (Å²) in [6, 6.07) is 15.3. The van der Waals surface area contributed by atoms with Gasteiger partial charge >= 0.3 is 0 Å². The van der Waals surface area contributed by atoms with Crippen molar-refractivity contribution in [1.82, 2.24) is 24.8 Å². The number of aromatic nitrogens is 3. The van der Waals surface area contributed by atoms with E-state index in [0.29, 0.717) is 22.3 Å². The summed E-state index contributed by atoms with van der Waals surface area (Å²) in [5.41, 5.74) is 10.2. The Bertz CT molecular complexity index is 1230. The summed E-state index contributed by atoms with van der Waals surface area (Å²) in [5.74, 6) is 0.576. The SMILES string of the molecule is CC(=O)Nc1ccc(-c2nc(SCc3cccc(CN4CCN(C)CC4)n3)nc(N)c2C#N)cc1. The first-order valence-corrected chi connectivity index (χ1v) is 12.3. The fourth-order valence-corrected chi connectivity index (χ4v) is 4.58. The topological polar surface area (TPSA) is 124 Å². The van der Waals surface area contributed by atoms with Crippen molar-refractivity contribution in [3.05, 3.63) is 59.4 Å². The highest BCUT2D eigenvalue weighted by molar-refractivity contribution is 7.98. The smallest absolute Gasteiger partial charge is 0.221 e. The lowest BCUT2D eigenvalue weighted by atomic mass is 10.1. The summed E-state index contributed by atoms with van der Waals surface area (Å²) in [5, 5.41) is 12.8. The van der Waals surface area contributed by atoms with Crippen molar-refractivity contribution in [3.63, 3.8) is 0 Å². The van der Waals surface area contributed by atoms with Gasteiger partial charge in [-0.15, -0.1) is 0 Å². The van der Waals surface area contributed by atoms with Gasteiger partial charge in [0.1, 0.15) is 17.5 Å². The Morgan fingerprint density at radius 1 is 1.09 bits per heavy atom. The van der Waals surface area contributed by atoms with Crippen LogP contribution in [-0.2, 0) is 17.1 Å². The van der Waals surface area contributed by atoms with E-state index in [1.807, 2.05) is 12.1 Å². The van der Waals surface area contributed by atoms with Crippen molar-refractivity contribution in [1.29, 1.82) is 5.26 Å². The number of nitrogen functional groups attached to an aromatic ring is 1. The van der Waals surface area contributed by atoms with Crippen molar-refractivity contribution in [3.8, 4) is 17.3 Å². The summed E-state index contributed by atoms with van der Waals surface area (Å²) < 4.78 is 0. The minimum Gasteiger partial charge on any atom is -0.382 e. The molecule has 0 radical (unpaired) electrons. The minimum atomic E-state index is -0.151. The Hall–Kier alpha value is -3.52. The van der Waals surface area contributed by atoms with Crippen LogP contribution in [0.5, 0.6) is 0 Å². The fourth-order valence-electron chi connectivity index (χ4n) is 3.83. The second-order valence-corrected chi connectivity index (χ2v) is 9.42. The highest BCUT2D eigenvalue weighted by atomic mass is 32.2. The lowest BCUT2D eigenvalue weighted by Gasteiger charge is -2.32. The average molecular weight is 489 g/mol. The number of nitrogens with one attached hydrogen (secondary N) is 1. The Morgan fingerprint density at radius 3 is 2.49 bits per heavy atom. The Morgan fingerprint density at radius 2 is 1.80 bits per heavy atom. The molecule has 1 fully saturated rings. The molecule has 1 aliphatic heterocycles. The van der Waals surface area contributed by atoms with Gasteiger partial charge in [0.05, 0.1) is 17.1 Å². The van der Waals surface area contributed by atoms with Crippen LogP contribution in [0, 0.1) is 11.3 Å². The number of amides is 1. The van der Waals surface area contributed by atoms with Gasteiger partial charge in [0, 0.05) is 56.7 Å². The number of pyridine rings is 1. The second kappa shape index (κ2) is 11.3. The van der Waals surface area contributed by atoms with Crippen LogP contribution in [0.2, 0.25) is 0 Å². The van der Waals surface area contributed by atoms with Gasteiger partial charge in [-0.2, -0.15) is 5.26 Å². The summed E-state index contributed by atoms with van der Waals surface area (Å²) in [4.78, 5) is 29.8. The summed E-state index contributed by atoms with van der Waals surface area (Å²) >= 11 is 1.43. The van der Waals surface area contributed by atoms with E-state index in [-0.39, 0.29) is 17.3 Å². The van der Waals surface area contributed by atoms with E-state index < -0.39 is 0 Å². The number of benzene rings is 1. The lowest BCUT2D eigenvalue weighted by molar-refractivity contribution is -0.114. The first-order chi connectivity index (χ1) is 16.9. The molecule has 9 nitrogen and oxygen atoms in total. The molecule has 0 unspecified atom stereocenters. The first-order valence-electron chi connectivity index (χ1n) is 11.4. The third kappa shape index (κ3) is 6.54. The number of nitriles is 1.